The number of rotatable bonds is 6. The van der Waals surface area contributed by atoms with Crippen molar-refractivity contribution in [2.24, 2.45) is 0 Å². The minimum atomic E-state index is 0.476. The highest BCUT2D eigenvalue weighted by Gasteiger charge is 2.19. The highest BCUT2D eigenvalue weighted by atomic mass is 16.5. The monoisotopic (exact) mass is 277 g/mol. The molecule has 3 nitrogen and oxygen atoms in total. The van der Waals surface area contributed by atoms with Gasteiger partial charge >= 0.3 is 0 Å². The van der Waals surface area contributed by atoms with Gasteiger partial charge in [-0.3, -0.25) is 0 Å². The minimum Gasteiger partial charge on any atom is -0.490 e. The number of ether oxygens (including phenoxy) is 2. The molecule has 0 amide bonds. The summed E-state index contributed by atoms with van der Waals surface area (Å²) in [5.74, 6) is 2.26. The van der Waals surface area contributed by atoms with Crippen molar-refractivity contribution in [3.05, 3.63) is 23.8 Å². The zero-order chi connectivity index (χ0) is 14.4. The minimum absolute atomic E-state index is 0.476. The maximum Gasteiger partial charge on any atom is 0.161 e. The highest BCUT2D eigenvalue weighted by molar-refractivity contribution is 5.44. The van der Waals surface area contributed by atoms with Gasteiger partial charge in [-0.25, -0.2) is 0 Å². The molecule has 0 saturated heterocycles. The van der Waals surface area contributed by atoms with E-state index in [4.69, 9.17) is 9.47 Å². The van der Waals surface area contributed by atoms with E-state index in [-0.39, 0.29) is 0 Å². The molecule has 1 aliphatic rings. The van der Waals surface area contributed by atoms with Gasteiger partial charge in [-0.2, -0.15) is 0 Å². The largest absolute Gasteiger partial charge is 0.490 e. The van der Waals surface area contributed by atoms with Crippen LogP contribution in [0.2, 0.25) is 0 Å². The normalized spacial score (nSPS) is 17.4. The van der Waals surface area contributed by atoms with E-state index in [1.54, 1.807) is 0 Å². The Kier molecular flexibility index (Phi) is 5.72. The first-order valence-corrected chi connectivity index (χ1v) is 7.89. The lowest BCUT2D eigenvalue weighted by atomic mass is 9.91. The SMILES string of the molecule is CCCNC(CC)C(C)c1ccc2c(c1)OCCCO2. The van der Waals surface area contributed by atoms with Gasteiger partial charge in [0.1, 0.15) is 0 Å². The van der Waals surface area contributed by atoms with Gasteiger partial charge in [-0.1, -0.05) is 26.8 Å². The topological polar surface area (TPSA) is 30.5 Å². The van der Waals surface area contributed by atoms with Crippen molar-refractivity contribution in [2.45, 2.75) is 52.0 Å². The quantitative estimate of drug-likeness (QED) is 0.859. The Balaban J connectivity index is 2.12. The Morgan fingerprint density at radius 3 is 2.60 bits per heavy atom. The van der Waals surface area contributed by atoms with Gasteiger partial charge in [-0.05, 0) is 43.0 Å². The van der Waals surface area contributed by atoms with Crippen LogP contribution in [0.3, 0.4) is 0 Å². The van der Waals surface area contributed by atoms with E-state index in [1.165, 1.54) is 12.0 Å². The molecule has 2 rings (SSSR count). The van der Waals surface area contributed by atoms with Crippen LogP contribution in [-0.4, -0.2) is 25.8 Å². The summed E-state index contributed by atoms with van der Waals surface area (Å²) in [6, 6.07) is 6.90. The summed E-state index contributed by atoms with van der Waals surface area (Å²) in [5, 5.41) is 3.64. The standard InChI is InChI=1S/C17H27NO2/c1-4-9-18-15(5-2)13(3)14-7-8-16-17(12-14)20-11-6-10-19-16/h7-8,12-13,15,18H,4-6,9-11H2,1-3H3. The molecule has 1 aromatic carbocycles. The van der Waals surface area contributed by atoms with E-state index in [0.717, 1.165) is 44.1 Å². The molecule has 3 heteroatoms. The molecule has 20 heavy (non-hydrogen) atoms. The lowest BCUT2D eigenvalue weighted by Gasteiger charge is -2.25. The summed E-state index contributed by atoms with van der Waals surface area (Å²) in [5.41, 5.74) is 1.32. The van der Waals surface area contributed by atoms with Crippen molar-refractivity contribution >= 4 is 0 Å². The summed E-state index contributed by atoms with van der Waals surface area (Å²) in [7, 11) is 0. The van der Waals surface area contributed by atoms with E-state index in [0.29, 0.717) is 12.0 Å². The van der Waals surface area contributed by atoms with Crippen molar-refractivity contribution in [2.75, 3.05) is 19.8 Å². The van der Waals surface area contributed by atoms with Crippen molar-refractivity contribution in [3.8, 4) is 11.5 Å². The van der Waals surface area contributed by atoms with Gasteiger partial charge in [0.15, 0.2) is 11.5 Å². The van der Waals surface area contributed by atoms with Crippen LogP contribution in [0, 0.1) is 0 Å². The van der Waals surface area contributed by atoms with Crippen molar-refractivity contribution in [3.63, 3.8) is 0 Å². The summed E-state index contributed by atoms with van der Waals surface area (Å²) in [6.45, 7) is 9.31. The fourth-order valence-corrected chi connectivity index (χ4v) is 2.70. The van der Waals surface area contributed by atoms with E-state index >= 15 is 0 Å². The smallest absolute Gasteiger partial charge is 0.161 e. The first-order valence-electron chi connectivity index (χ1n) is 7.89. The summed E-state index contributed by atoms with van der Waals surface area (Å²) >= 11 is 0. The second kappa shape index (κ2) is 7.53. The van der Waals surface area contributed by atoms with Crippen LogP contribution in [0.5, 0.6) is 11.5 Å². The molecular weight excluding hydrogens is 250 g/mol. The Morgan fingerprint density at radius 1 is 1.15 bits per heavy atom. The van der Waals surface area contributed by atoms with Crippen LogP contribution in [-0.2, 0) is 0 Å². The molecule has 1 heterocycles. The van der Waals surface area contributed by atoms with Gasteiger partial charge in [0.25, 0.3) is 0 Å². The predicted molar refractivity (Wildman–Crippen MR) is 82.8 cm³/mol. The second-order valence-electron chi connectivity index (χ2n) is 5.51. The molecular formula is C17H27NO2. The third-order valence-corrected chi connectivity index (χ3v) is 4.00. The molecule has 0 fully saturated rings. The van der Waals surface area contributed by atoms with E-state index < -0.39 is 0 Å². The fraction of sp³-hybridized carbons (Fsp3) is 0.647. The van der Waals surface area contributed by atoms with Crippen molar-refractivity contribution in [1.29, 1.82) is 0 Å². The van der Waals surface area contributed by atoms with Crippen LogP contribution in [0.15, 0.2) is 18.2 Å². The molecule has 0 aromatic heterocycles. The number of fused-ring (bicyclic) bond motifs is 1. The van der Waals surface area contributed by atoms with Crippen molar-refractivity contribution in [1.82, 2.24) is 5.32 Å². The molecule has 112 valence electrons. The second-order valence-corrected chi connectivity index (χ2v) is 5.51. The van der Waals surface area contributed by atoms with Gasteiger partial charge in [0, 0.05) is 12.5 Å². The first kappa shape index (κ1) is 15.2. The van der Waals surface area contributed by atoms with E-state index in [1.807, 2.05) is 0 Å². The molecule has 2 unspecified atom stereocenters. The maximum absolute atomic E-state index is 5.79. The van der Waals surface area contributed by atoms with Crippen LogP contribution >= 0.6 is 0 Å². The molecule has 0 aliphatic carbocycles. The van der Waals surface area contributed by atoms with E-state index in [9.17, 15) is 0 Å². The van der Waals surface area contributed by atoms with Gasteiger partial charge in [0.05, 0.1) is 13.2 Å². The average molecular weight is 277 g/mol. The van der Waals surface area contributed by atoms with Crippen molar-refractivity contribution < 1.29 is 9.47 Å². The number of benzene rings is 1. The summed E-state index contributed by atoms with van der Waals surface area (Å²) in [6.07, 6.45) is 3.26. The summed E-state index contributed by atoms with van der Waals surface area (Å²) < 4.78 is 11.5. The zero-order valence-electron chi connectivity index (χ0n) is 12.9. The average Bonchev–Trinajstić information content (AvgIpc) is 2.72. The number of nitrogens with one attached hydrogen (secondary N) is 1. The Bertz CT molecular complexity index is 419. The van der Waals surface area contributed by atoms with Crippen LogP contribution in [0.4, 0.5) is 0 Å². The van der Waals surface area contributed by atoms with Crippen LogP contribution in [0.1, 0.15) is 51.5 Å². The Hall–Kier alpha value is -1.22. The Labute approximate surface area is 122 Å². The number of hydrogen-bond acceptors (Lipinski definition) is 3. The molecule has 1 aliphatic heterocycles. The summed E-state index contributed by atoms with van der Waals surface area (Å²) in [4.78, 5) is 0. The third-order valence-electron chi connectivity index (χ3n) is 4.00. The van der Waals surface area contributed by atoms with E-state index in [2.05, 4.69) is 44.3 Å². The lowest BCUT2D eigenvalue weighted by molar-refractivity contribution is 0.297. The van der Waals surface area contributed by atoms with Crippen LogP contribution < -0.4 is 14.8 Å². The first-order chi connectivity index (χ1) is 9.76. The zero-order valence-corrected chi connectivity index (χ0v) is 12.9. The molecule has 1 aromatic rings. The van der Waals surface area contributed by atoms with Crippen LogP contribution in [0.25, 0.3) is 0 Å². The van der Waals surface area contributed by atoms with Gasteiger partial charge < -0.3 is 14.8 Å². The third kappa shape index (κ3) is 3.66. The predicted octanol–water partition coefficient (Wildman–Crippen LogP) is 3.73. The molecule has 0 spiro atoms. The molecule has 0 bridgehead atoms. The molecule has 0 saturated carbocycles. The Morgan fingerprint density at radius 2 is 1.90 bits per heavy atom. The molecule has 0 radical (unpaired) electrons. The maximum atomic E-state index is 5.79. The molecule has 1 N–H and O–H groups in total. The lowest BCUT2D eigenvalue weighted by Crippen LogP contribution is -2.33. The molecule has 2 atom stereocenters. The number of hydrogen-bond donors (Lipinski definition) is 1. The fourth-order valence-electron chi connectivity index (χ4n) is 2.70. The van der Waals surface area contributed by atoms with Gasteiger partial charge in [-0.15, -0.1) is 0 Å². The van der Waals surface area contributed by atoms with Gasteiger partial charge in [0.2, 0.25) is 0 Å². The highest BCUT2D eigenvalue weighted by Crippen LogP contribution is 2.34.